The highest BCUT2D eigenvalue weighted by atomic mass is 16.5. The molecule has 152 valence electrons. The molecule has 1 aromatic carbocycles. The maximum atomic E-state index is 12.7. The minimum absolute atomic E-state index is 0.125. The Hall–Kier alpha value is -3.16. The van der Waals surface area contributed by atoms with Gasteiger partial charge in [0.2, 0.25) is 11.6 Å². The average Bonchev–Trinajstić information content (AvgIpc) is 2.98. The van der Waals surface area contributed by atoms with Gasteiger partial charge in [0, 0.05) is 18.4 Å². The Kier molecular flexibility index (Phi) is 5.33. The summed E-state index contributed by atoms with van der Waals surface area (Å²) < 4.78 is 8.40. The Bertz CT molecular complexity index is 1080. The monoisotopic (exact) mass is 395 g/mol. The number of carbonyl (C=O) groups is 1. The van der Waals surface area contributed by atoms with E-state index in [1.54, 1.807) is 0 Å². The van der Waals surface area contributed by atoms with Crippen LogP contribution in [0.1, 0.15) is 43.2 Å². The largest absolute Gasteiger partial charge is 0.436 e. The molecule has 1 fully saturated rings. The lowest BCUT2D eigenvalue weighted by atomic mass is 9.95. The molecule has 0 atom stereocenters. The Labute approximate surface area is 168 Å². The summed E-state index contributed by atoms with van der Waals surface area (Å²) in [5, 5.41) is 7.32. The molecule has 0 spiro atoms. The van der Waals surface area contributed by atoms with Crippen molar-refractivity contribution in [1.29, 1.82) is 0 Å². The third-order valence-electron chi connectivity index (χ3n) is 5.14. The van der Waals surface area contributed by atoms with Crippen molar-refractivity contribution < 1.29 is 9.53 Å². The molecule has 0 unspecified atom stereocenters. The maximum Gasteiger partial charge on any atom is 0.351 e. The standard InChI is InChI=1S/C21H25N5O3/c1-14-10-15(2)12-17(11-14)29-20-19-24-26(21(28)25(19)9-8-22-20)13-18(27)23-16-6-4-3-5-7-16/h8-12,16H,3-7,13H2,1-2H3,(H,23,27). The molecular formula is C21H25N5O3. The van der Waals surface area contributed by atoms with E-state index in [0.717, 1.165) is 41.5 Å². The summed E-state index contributed by atoms with van der Waals surface area (Å²) >= 11 is 0. The number of aromatic nitrogens is 4. The van der Waals surface area contributed by atoms with Crippen LogP contribution in [-0.2, 0) is 11.3 Å². The van der Waals surface area contributed by atoms with Crippen LogP contribution in [0.4, 0.5) is 0 Å². The van der Waals surface area contributed by atoms with Crippen LogP contribution in [0, 0.1) is 13.8 Å². The van der Waals surface area contributed by atoms with Crippen molar-refractivity contribution >= 4 is 11.6 Å². The molecule has 0 aliphatic heterocycles. The fourth-order valence-corrected chi connectivity index (χ4v) is 3.86. The smallest absolute Gasteiger partial charge is 0.351 e. The molecule has 1 aliphatic carbocycles. The van der Waals surface area contributed by atoms with Crippen LogP contribution in [-0.4, -0.2) is 31.1 Å². The van der Waals surface area contributed by atoms with Gasteiger partial charge in [0.1, 0.15) is 12.3 Å². The summed E-state index contributed by atoms with van der Waals surface area (Å²) in [7, 11) is 0. The first-order chi connectivity index (χ1) is 14.0. The van der Waals surface area contributed by atoms with Crippen molar-refractivity contribution in [3.8, 4) is 11.6 Å². The first-order valence-corrected chi connectivity index (χ1v) is 9.99. The van der Waals surface area contributed by atoms with E-state index in [4.69, 9.17) is 4.74 Å². The Morgan fingerprint density at radius 2 is 1.90 bits per heavy atom. The minimum atomic E-state index is -0.397. The summed E-state index contributed by atoms with van der Waals surface area (Å²) in [5.41, 5.74) is 2.01. The quantitative estimate of drug-likeness (QED) is 0.717. The van der Waals surface area contributed by atoms with Crippen LogP contribution >= 0.6 is 0 Å². The maximum absolute atomic E-state index is 12.7. The van der Waals surface area contributed by atoms with Crippen LogP contribution in [0.15, 0.2) is 35.4 Å². The summed E-state index contributed by atoms with van der Waals surface area (Å²) in [6.07, 6.45) is 8.46. The zero-order chi connectivity index (χ0) is 20.4. The van der Waals surface area contributed by atoms with Crippen molar-refractivity contribution in [1.82, 2.24) is 24.5 Å². The van der Waals surface area contributed by atoms with Crippen molar-refractivity contribution in [2.75, 3.05) is 0 Å². The molecule has 8 heteroatoms. The molecule has 2 heterocycles. The number of benzene rings is 1. The molecule has 29 heavy (non-hydrogen) atoms. The third kappa shape index (κ3) is 4.31. The van der Waals surface area contributed by atoms with E-state index in [0.29, 0.717) is 5.75 Å². The van der Waals surface area contributed by atoms with Gasteiger partial charge in [-0.1, -0.05) is 25.3 Å². The van der Waals surface area contributed by atoms with Gasteiger partial charge >= 0.3 is 5.69 Å². The van der Waals surface area contributed by atoms with Crippen LogP contribution in [0.25, 0.3) is 5.65 Å². The van der Waals surface area contributed by atoms with E-state index in [2.05, 4.69) is 15.4 Å². The van der Waals surface area contributed by atoms with Crippen LogP contribution in [0.3, 0.4) is 0 Å². The van der Waals surface area contributed by atoms with Crippen LogP contribution in [0.2, 0.25) is 0 Å². The van der Waals surface area contributed by atoms with E-state index in [9.17, 15) is 9.59 Å². The van der Waals surface area contributed by atoms with Gasteiger partial charge in [-0.05, 0) is 49.9 Å². The lowest BCUT2D eigenvalue weighted by molar-refractivity contribution is -0.122. The topological polar surface area (TPSA) is 90.5 Å². The van der Waals surface area contributed by atoms with Gasteiger partial charge in [-0.15, -0.1) is 5.10 Å². The average molecular weight is 395 g/mol. The van der Waals surface area contributed by atoms with Gasteiger partial charge in [-0.2, -0.15) is 0 Å². The molecule has 1 amide bonds. The summed E-state index contributed by atoms with van der Waals surface area (Å²) in [4.78, 5) is 29.3. The van der Waals surface area contributed by atoms with E-state index >= 15 is 0 Å². The molecule has 0 radical (unpaired) electrons. The number of ether oxygens (including phenoxy) is 1. The summed E-state index contributed by atoms with van der Waals surface area (Å²) in [5.74, 6) is 0.647. The zero-order valence-electron chi connectivity index (χ0n) is 16.7. The predicted molar refractivity (Wildman–Crippen MR) is 108 cm³/mol. The van der Waals surface area contributed by atoms with Gasteiger partial charge in [0.15, 0.2) is 0 Å². The number of rotatable bonds is 5. The number of hydrogen-bond acceptors (Lipinski definition) is 5. The second-order valence-electron chi connectivity index (χ2n) is 7.69. The van der Waals surface area contributed by atoms with Gasteiger partial charge < -0.3 is 10.1 Å². The molecule has 8 nitrogen and oxygen atoms in total. The van der Waals surface area contributed by atoms with Crippen LogP contribution < -0.4 is 15.7 Å². The zero-order valence-corrected chi connectivity index (χ0v) is 16.7. The molecule has 0 bridgehead atoms. The molecule has 2 aromatic heterocycles. The number of nitrogens with one attached hydrogen (secondary N) is 1. The van der Waals surface area contributed by atoms with Crippen molar-refractivity contribution in [2.24, 2.45) is 0 Å². The molecule has 0 saturated heterocycles. The number of aryl methyl sites for hydroxylation is 2. The molecule has 1 aliphatic rings. The third-order valence-corrected chi connectivity index (χ3v) is 5.14. The Morgan fingerprint density at radius 3 is 2.62 bits per heavy atom. The Balaban J connectivity index is 1.57. The van der Waals surface area contributed by atoms with Crippen molar-refractivity contribution in [3.05, 3.63) is 52.2 Å². The summed E-state index contributed by atoms with van der Waals surface area (Å²) in [6, 6.07) is 6.02. The second kappa shape index (κ2) is 8.06. The molecule has 3 aromatic rings. The van der Waals surface area contributed by atoms with E-state index < -0.39 is 5.69 Å². The minimum Gasteiger partial charge on any atom is -0.436 e. The van der Waals surface area contributed by atoms with Gasteiger partial charge in [0.25, 0.3) is 5.88 Å². The van der Waals surface area contributed by atoms with E-state index in [-0.39, 0.29) is 30.0 Å². The van der Waals surface area contributed by atoms with Gasteiger partial charge in [0.05, 0.1) is 0 Å². The fourth-order valence-electron chi connectivity index (χ4n) is 3.86. The fraction of sp³-hybridized carbons (Fsp3) is 0.429. The number of nitrogens with zero attached hydrogens (tertiary/aromatic N) is 4. The first-order valence-electron chi connectivity index (χ1n) is 9.99. The number of hydrogen-bond donors (Lipinski definition) is 1. The van der Waals surface area contributed by atoms with Crippen molar-refractivity contribution in [2.45, 2.75) is 58.5 Å². The predicted octanol–water partition coefficient (Wildman–Crippen LogP) is 2.75. The highest BCUT2D eigenvalue weighted by Gasteiger charge is 2.19. The molecule has 1 saturated carbocycles. The number of carbonyl (C=O) groups excluding carboxylic acids is 1. The molecule has 4 rings (SSSR count). The first kappa shape index (κ1) is 19.2. The van der Waals surface area contributed by atoms with Gasteiger partial charge in [-0.3, -0.25) is 4.79 Å². The Morgan fingerprint density at radius 1 is 1.17 bits per heavy atom. The second-order valence-corrected chi connectivity index (χ2v) is 7.69. The lowest BCUT2D eigenvalue weighted by Gasteiger charge is -2.22. The normalized spacial score (nSPS) is 14.8. The SMILES string of the molecule is Cc1cc(C)cc(Oc2nccn3c(=O)n(CC(=O)NC4CCCCC4)nc23)c1. The lowest BCUT2D eigenvalue weighted by Crippen LogP contribution is -2.40. The number of amides is 1. The van der Waals surface area contributed by atoms with Gasteiger partial charge in [-0.25, -0.2) is 18.9 Å². The van der Waals surface area contributed by atoms with E-state index in [1.807, 2.05) is 32.0 Å². The number of fused-ring (bicyclic) bond motifs is 1. The molecular weight excluding hydrogens is 370 g/mol. The van der Waals surface area contributed by atoms with Crippen molar-refractivity contribution in [3.63, 3.8) is 0 Å². The molecule has 1 N–H and O–H groups in total. The van der Waals surface area contributed by atoms with Crippen LogP contribution in [0.5, 0.6) is 11.6 Å². The summed E-state index contributed by atoms with van der Waals surface area (Å²) in [6.45, 7) is 3.84. The highest BCUT2D eigenvalue weighted by molar-refractivity contribution is 5.76. The highest BCUT2D eigenvalue weighted by Crippen LogP contribution is 2.24. The van der Waals surface area contributed by atoms with E-state index in [1.165, 1.54) is 23.2 Å².